The minimum Gasteiger partial charge on any atom is -0.268 e. The topological polar surface area (TPSA) is 78.7 Å². The molecule has 0 radical (unpaired) electrons. The molecule has 1 aromatic carbocycles. The van der Waals surface area contributed by atoms with E-state index in [9.17, 15) is 14.0 Å². The number of benzene rings is 1. The van der Waals surface area contributed by atoms with E-state index in [0.717, 1.165) is 10.7 Å². The van der Waals surface area contributed by atoms with Crippen molar-refractivity contribution in [2.24, 2.45) is 0 Å². The van der Waals surface area contributed by atoms with Gasteiger partial charge in [-0.05, 0) is 31.5 Å². The average Bonchev–Trinajstić information content (AvgIpc) is 2.44. The normalized spacial score (nSPS) is 10.3. The van der Waals surface area contributed by atoms with Crippen molar-refractivity contribution < 1.29 is 4.39 Å². The van der Waals surface area contributed by atoms with Crippen LogP contribution in [0.25, 0.3) is 0 Å². The molecule has 6 heteroatoms. The van der Waals surface area contributed by atoms with Crippen LogP contribution in [0.15, 0.2) is 27.8 Å². The van der Waals surface area contributed by atoms with Crippen LogP contribution in [0.3, 0.4) is 0 Å². The molecule has 0 fully saturated rings. The number of nitrogens with one attached hydrogen (secondary N) is 1. The number of aromatic amines is 1. The predicted octanol–water partition coefficient (Wildman–Crippen LogP) is 1.21. The zero-order valence-corrected chi connectivity index (χ0v) is 11.0. The molecule has 1 N–H and O–H groups in total. The highest BCUT2D eigenvalue weighted by Crippen LogP contribution is 2.10. The molecule has 2 aromatic rings. The summed E-state index contributed by atoms with van der Waals surface area (Å²) in [6.07, 6.45) is 0. The Labute approximate surface area is 113 Å². The number of H-pyrrole nitrogens is 1. The van der Waals surface area contributed by atoms with Gasteiger partial charge < -0.3 is 0 Å². The summed E-state index contributed by atoms with van der Waals surface area (Å²) in [5.74, 6) is -0.614. The Kier molecular flexibility index (Phi) is 3.53. The number of aromatic nitrogens is 2. The van der Waals surface area contributed by atoms with Crippen molar-refractivity contribution >= 4 is 0 Å². The van der Waals surface area contributed by atoms with Crippen LogP contribution in [0.5, 0.6) is 0 Å². The fourth-order valence-electron chi connectivity index (χ4n) is 1.84. The molecule has 0 unspecified atom stereocenters. The zero-order valence-electron chi connectivity index (χ0n) is 11.0. The van der Waals surface area contributed by atoms with E-state index in [1.807, 2.05) is 0 Å². The quantitative estimate of drug-likeness (QED) is 0.893. The fourth-order valence-corrected chi connectivity index (χ4v) is 1.84. The highest BCUT2D eigenvalue weighted by molar-refractivity contribution is 5.34. The van der Waals surface area contributed by atoms with Crippen molar-refractivity contribution in [3.63, 3.8) is 0 Å². The Morgan fingerprint density at radius 2 is 2.00 bits per heavy atom. The molecule has 5 nitrogen and oxygen atoms in total. The predicted molar refractivity (Wildman–Crippen MR) is 71.0 cm³/mol. The van der Waals surface area contributed by atoms with Crippen LogP contribution in [0, 0.1) is 31.0 Å². The fraction of sp³-hybridized carbons (Fsp3) is 0.214. The van der Waals surface area contributed by atoms with E-state index < -0.39 is 5.82 Å². The summed E-state index contributed by atoms with van der Waals surface area (Å²) in [4.78, 5) is 23.7. The minimum absolute atomic E-state index is 0.0736. The molecule has 0 aliphatic heterocycles. The van der Waals surface area contributed by atoms with Crippen LogP contribution >= 0.6 is 0 Å². The van der Waals surface area contributed by atoms with Crippen molar-refractivity contribution in [1.82, 2.24) is 9.78 Å². The molecule has 0 aliphatic carbocycles. The van der Waals surface area contributed by atoms with Crippen LogP contribution < -0.4 is 11.1 Å². The van der Waals surface area contributed by atoms with E-state index in [4.69, 9.17) is 5.26 Å². The SMILES string of the molecule is Cc1c(C)c(=O)n(Cc2ccc(F)c(C#N)c2)[nH]c1=O. The standard InChI is InChI=1S/C14H12FN3O2/c1-8-9(2)14(20)18(17-13(8)19)7-10-3-4-12(15)11(5-10)6-16/h3-5H,7H2,1-2H3,(H,17,19). The maximum absolute atomic E-state index is 13.2. The first-order valence-electron chi connectivity index (χ1n) is 5.93. The van der Waals surface area contributed by atoms with E-state index in [1.54, 1.807) is 19.9 Å². The van der Waals surface area contributed by atoms with Crippen molar-refractivity contribution in [1.29, 1.82) is 5.26 Å². The first kappa shape index (κ1) is 13.7. The molecule has 0 amide bonds. The van der Waals surface area contributed by atoms with Crippen LogP contribution in [0.1, 0.15) is 22.3 Å². The molecule has 1 aromatic heterocycles. The summed E-state index contributed by atoms with van der Waals surface area (Å²) in [5, 5.41) is 11.2. The number of nitrogens with zero attached hydrogens (tertiary/aromatic N) is 2. The lowest BCUT2D eigenvalue weighted by Gasteiger charge is -2.08. The third-order valence-electron chi connectivity index (χ3n) is 3.20. The lowest BCUT2D eigenvalue weighted by molar-refractivity contribution is 0.607. The molecular weight excluding hydrogens is 261 g/mol. The van der Waals surface area contributed by atoms with E-state index in [2.05, 4.69) is 5.10 Å². The average molecular weight is 273 g/mol. The molecule has 20 heavy (non-hydrogen) atoms. The first-order valence-corrected chi connectivity index (χ1v) is 5.93. The summed E-state index contributed by atoms with van der Waals surface area (Å²) < 4.78 is 14.4. The Balaban J connectivity index is 2.49. The van der Waals surface area contributed by atoms with Gasteiger partial charge in [0.1, 0.15) is 11.9 Å². The lowest BCUT2D eigenvalue weighted by atomic mass is 10.1. The summed E-state index contributed by atoms with van der Waals surface area (Å²) in [5.41, 5.74) is 0.555. The Bertz CT molecular complexity index is 828. The van der Waals surface area contributed by atoms with Crippen LogP contribution in [0.2, 0.25) is 0 Å². The second-order valence-electron chi connectivity index (χ2n) is 4.51. The van der Waals surface area contributed by atoms with Crippen molar-refractivity contribution in [2.45, 2.75) is 20.4 Å². The molecular formula is C14H12FN3O2. The number of hydrogen-bond acceptors (Lipinski definition) is 3. The highest BCUT2D eigenvalue weighted by atomic mass is 19.1. The van der Waals surface area contributed by atoms with E-state index in [1.165, 1.54) is 12.1 Å². The van der Waals surface area contributed by atoms with Gasteiger partial charge in [0.25, 0.3) is 11.1 Å². The van der Waals surface area contributed by atoms with Gasteiger partial charge in [0.2, 0.25) is 0 Å². The maximum atomic E-state index is 13.2. The smallest absolute Gasteiger partial charge is 0.268 e. The Hall–Kier alpha value is -2.68. The molecule has 0 saturated carbocycles. The van der Waals surface area contributed by atoms with Crippen LogP contribution in [0.4, 0.5) is 4.39 Å². The Morgan fingerprint density at radius 1 is 1.30 bits per heavy atom. The Morgan fingerprint density at radius 3 is 2.65 bits per heavy atom. The summed E-state index contributed by atoms with van der Waals surface area (Å²) in [6.45, 7) is 3.23. The number of rotatable bonds is 2. The van der Waals surface area contributed by atoms with Gasteiger partial charge in [-0.15, -0.1) is 0 Å². The molecule has 0 bridgehead atoms. The van der Waals surface area contributed by atoms with Gasteiger partial charge in [0, 0.05) is 11.1 Å². The number of halogens is 1. The molecule has 0 atom stereocenters. The molecule has 1 heterocycles. The van der Waals surface area contributed by atoms with Gasteiger partial charge in [-0.3, -0.25) is 14.7 Å². The van der Waals surface area contributed by atoms with Crippen molar-refractivity contribution in [3.8, 4) is 6.07 Å². The van der Waals surface area contributed by atoms with E-state index >= 15 is 0 Å². The molecule has 0 aliphatic rings. The van der Waals surface area contributed by atoms with Crippen molar-refractivity contribution in [3.05, 3.63) is 67.0 Å². The van der Waals surface area contributed by atoms with Gasteiger partial charge in [0.05, 0.1) is 12.1 Å². The largest absolute Gasteiger partial charge is 0.268 e. The first-order chi connectivity index (χ1) is 9.43. The minimum atomic E-state index is -0.614. The second kappa shape index (κ2) is 5.13. The van der Waals surface area contributed by atoms with Crippen molar-refractivity contribution in [2.75, 3.05) is 0 Å². The van der Waals surface area contributed by atoms with Gasteiger partial charge in [0.15, 0.2) is 0 Å². The van der Waals surface area contributed by atoms with Gasteiger partial charge in [-0.25, -0.2) is 9.07 Å². The van der Waals surface area contributed by atoms with Crippen LogP contribution in [-0.2, 0) is 6.54 Å². The van der Waals surface area contributed by atoms with Gasteiger partial charge in [-0.2, -0.15) is 5.26 Å². The second-order valence-corrected chi connectivity index (χ2v) is 4.51. The third kappa shape index (κ3) is 2.38. The molecule has 102 valence electrons. The maximum Gasteiger partial charge on any atom is 0.268 e. The molecule has 0 saturated heterocycles. The lowest BCUT2D eigenvalue weighted by Crippen LogP contribution is -2.33. The summed E-state index contributed by atoms with van der Waals surface area (Å²) in [7, 11) is 0. The van der Waals surface area contributed by atoms with Crippen LogP contribution in [-0.4, -0.2) is 9.78 Å². The monoisotopic (exact) mass is 273 g/mol. The third-order valence-corrected chi connectivity index (χ3v) is 3.20. The molecule has 0 spiro atoms. The molecule has 2 rings (SSSR count). The number of hydrogen-bond donors (Lipinski definition) is 1. The van der Waals surface area contributed by atoms with E-state index in [0.29, 0.717) is 16.7 Å². The zero-order chi connectivity index (χ0) is 14.9. The van der Waals surface area contributed by atoms with Gasteiger partial charge in [-0.1, -0.05) is 6.07 Å². The van der Waals surface area contributed by atoms with Gasteiger partial charge >= 0.3 is 0 Å². The number of nitriles is 1. The summed E-state index contributed by atoms with van der Waals surface area (Å²) in [6, 6.07) is 5.72. The summed E-state index contributed by atoms with van der Waals surface area (Å²) >= 11 is 0. The van der Waals surface area contributed by atoms with E-state index in [-0.39, 0.29) is 23.2 Å². The highest BCUT2D eigenvalue weighted by Gasteiger charge is 2.09.